The number of sulfonamides is 1. The average molecular weight is 522 g/mol. The third-order valence-electron chi connectivity index (χ3n) is 6.48. The maximum Gasteiger partial charge on any atom is 0.339 e. The van der Waals surface area contributed by atoms with Gasteiger partial charge in [-0.3, -0.25) is 9.52 Å². The Hall–Kier alpha value is -4.05. The van der Waals surface area contributed by atoms with Crippen molar-refractivity contribution in [1.82, 2.24) is 0 Å². The lowest BCUT2D eigenvalue weighted by molar-refractivity contribution is -0.118. The van der Waals surface area contributed by atoms with E-state index >= 15 is 0 Å². The first-order valence-corrected chi connectivity index (χ1v) is 13.5. The minimum Gasteiger partial charge on any atom is -0.495 e. The highest BCUT2D eigenvalue weighted by Gasteiger charge is 2.32. The fourth-order valence-corrected chi connectivity index (χ4v) is 6.03. The Labute approximate surface area is 215 Å². The first-order chi connectivity index (χ1) is 17.9. The van der Waals surface area contributed by atoms with Crippen molar-refractivity contribution in [3.63, 3.8) is 0 Å². The topological polar surface area (TPSA) is 114 Å². The number of amides is 1. The van der Waals surface area contributed by atoms with Crippen LogP contribution in [0.15, 0.2) is 71.6 Å². The van der Waals surface area contributed by atoms with Gasteiger partial charge in [-0.25, -0.2) is 13.2 Å². The summed E-state index contributed by atoms with van der Waals surface area (Å²) < 4.78 is 40.4. The number of nitrogens with one attached hydrogen (secondary N) is 2. The van der Waals surface area contributed by atoms with Crippen LogP contribution in [-0.4, -0.2) is 40.5 Å². The van der Waals surface area contributed by atoms with Gasteiger partial charge in [0.15, 0.2) is 0 Å². The van der Waals surface area contributed by atoms with E-state index in [1.54, 1.807) is 60.7 Å². The monoisotopic (exact) mass is 521 g/mol. The normalized spacial score (nSPS) is 16.7. The second kappa shape index (κ2) is 10.1. The van der Waals surface area contributed by atoms with E-state index in [0.717, 1.165) is 25.9 Å². The lowest BCUT2D eigenvalue weighted by Gasteiger charge is -2.23. The molecule has 1 amide bonds. The van der Waals surface area contributed by atoms with Crippen molar-refractivity contribution in [2.45, 2.75) is 30.3 Å². The van der Waals surface area contributed by atoms with Gasteiger partial charge in [-0.2, -0.15) is 0 Å². The van der Waals surface area contributed by atoms with E-state index in [1.807, 2.05) is 4.90 Å². The molecule has 2 N–H and O–H groups in total. The summed E-state index contributed by atoms with van der Waals surface area (Å²) in [6.45, 7) is 1.49. The van der Waals surface area contributed by atoms with Crippen molar-refractivity contribution in [2.24, 2.45) is 0 Å². The van der Waals surface area contributed by atoms with Crippen LogP contribution in [0.25, 0.3) is 0 Å². The molecule has 0 aromatic heterocycles. The SMILES string of the molecule is COc1ccccc1NS(=O)(=O)c1cc(NC(=O)CC2OC(=O)c3ccccc32)ccc1N1CCCC1. The molecule has 9 nitrogen and oxygen atoms in total. The van der Waals surface area contributed by atoms with E-state index in [9.17, 15) is 18.0 Å². The summed E-state index contributed by atoms with van der Waals surface area (Å²) in [5.41, 5.74) is 2.32. The number of hydrogen-bond donors (Lipinski definition) is 2. The summed E-state index contributed by atoms with van der Waals surface area (Å²) >= 11 is 0. The van der Waals surface area contributed by atoms with Crippen molar-refractivity contribution in [3.8, 4) is 5.75 Å². The first kappa shape index (κ1) is 24.6. The minimum absolute atomic E-state index is 0.0516. The second-order valence-corrected chi connectivity index (χ2v) is 10.6. The average Bonchev–Trinajstić information content (AvgIpc) is 3.53. The zero-order valence-corrected chi connectivity index (χ0v) is 21.1. The maximum atomic E-state index is 13.6. The molecule has 2 heterocycles. The minimum atomic E-state index is -4.03. The molecule has 0 aliphatic carbocycles. The van der Waals surface area contributed by atoms with Crippen LogP contribution in [0.5, 0.6) is 5.75 Å². The quantitative estimate of drug-likeness (QED) is 0.424. The number of carbonyl (C=O) groups excluding carboxylic acids is 2. The van der Waals surface area contributed by atoms with Gasteiger partial charge in [0.25, 0.3) is 10.0 Å². The van der Waals surface area contributed by atoms with Crippen LogP contribution in [0.3, 0.4) is 0 Å². The van der Waals surface area contributed by atoms with Crippen molar-refractivity contribution in [2.75, 3.05) is 35.1 Å². The van der Waals surface area contributed by atoms with Crippen LogP contribution in [0, 0.1) is 0 Å². The van der Waals surface area contributed by atoms with E-state index in [2.05, 4.69) is 10.0 Å². The van der Waals surface area contributed by atoms with Gasteiger partial charge in [-0.05, 0) is 49.2 Å². The lowest BCUT2D eigenvalue weighted by Crippen LogP contribution is -2.23. The Balaban J connectivity index is 1.41. The molecule has 1 atom stereocenters. The smallest absolute Gasteiger partial charge is 0.339 e. The summed E-state index contributed by atoms with van der Waals surface area (Å²) in [4.78, 5) is 27.0. The van der Waals surface area contributed by atoms with Crippen LogP contribution in [-0.2, 0) is 19.6 Å². The van der Waals surface area contributed by atoms with E-state index in [0.29, 0.717) is 33.9 Å². The fourth-order valence-electron chi connectivity index (χ4n) is 4.71. The number of benzene rings is 3. The summed E-state index contributed by atoms with van der Waals surface area (Å²) in [6.07, 6.45) is 1.17. The highest BCUT2D eigenvalue weighted by atomic mass is 32.2. The highest BCUT2D eigenvalue weighted by Crippen LogP contribution is 2.35. The number of rotatable bonds is 8. The molecule has 192 valence electrons. The summed E-state index contributed by atoms with van der Waals surface area (Å²) in [7, 11) is -2.56. The molecular formula is C27H27N3O6S. The maximum absolute atomic E-state index is 13.6. The molecule has 0 saturated carbocycles. The molecule has 10 heteroatoms. The molecule has 2 aliphatic heterocycles. The van der Waals surface area contributed by atoms with Gasteiger partial charge < -0.3 is 19.7 Å². The Morgan fingerprint density at radius 1 is 1.05 bits per heavy atom. The van der Waals surface area contributed by atoms with Crippen molar-refractivity contribution in [1.29, 1.82) is 0 Å². The molecule has 0 radical (unpaired) electrons. The van der Waals surface area contributed by atoms with Gasteiger partial charge in [0.2, 0.25) is 5.91 Å². The Morgan fingerprint density at radius 3 is 2.57 bits per heavy atom. The molecule has 2 aliphatic rings. The van der Waals surface area contributed by atoms with Crippen LogP contribution in [0.2, 0.25) is 0 Å². The summed E-state index contributed by atoms with van der Waals surface area (Å²) in [6, 6.07) is 18.6. The standard InChI is InChI=1S/C27H27N3O6S/c1-35-23-11-5-4-10-21(23)29-37(33,34)25-16-18(12-13-22(25)30-14-6-7-15-30)28-26(31)17-24-19-8-2-3-9-20(19)27(32)36-24/h2-5,8-13,16,24,29H,6-7,14-15,17H2,1H3,(H,28,31). The van der Waals surface area contributed by atoms with Crippen LogP contribution < -0.4 is 19.7 Å². The molecule has 5 rings (SSSR count). The molecule has 0 spiro atoms. The van der Waals surface area contributed by atoms with Gasteiger partial charge in [0.05, 0.1) is 30.5 Å². The predicted octanol–water partition coefficient (Wildman–Crippen LogP) is 4.34. The lowest BCUT2D eigenvalue weighted by atomic mass is 10.0. The molecule has 37 heavy (non-hydrogen) atoms. The van der Waals surface area contributed by atoms with Crippen LogP contribution >= 0.6 is 0 Å². The molecule has 3 aromatic carbocycles. The molecule has 1 fully saturated rings. The van der Waals surface area contributed by atoms with Gasteiger partial charge >= 0.3 is 5.97 Å². The third-order valence-corrected chi connectivity index (χ3v) is 7.87. The predicted molar refractivity (Wildman–Crippen MR) is 140 cm³/mol. The van der Waals surface area contributed by atoms with Gasteiger partial charge in [-0.1, -0.05) is 30.3 Å². The number of para-hydroxylation sites is 2. The summed E-state index contributed by atoms with van der Waals surface area (Å²) in [5, 5.41) is 2.77. The number of cyclic esters (lactones) is 1. The van der Waals surface area contributed by atoms with Crippen LogP contribution in [0.1, 0.15) is 41.3 Å². The number of fused-ring (bicyclic) bond motifs is 1. The van der Waals surface area contributed by atoms with E-state index in [1.165, 1.54) is 13.2 Å². The largest absolute Gasteiger partial charge is 0.495 e. The van der Waals surface area contributed by atoms with E-state index in [-0.39, 0.29) is 11.3 Å². The number of hydrogen-bond acceptors (Lipinski definition) is 7. The molecule has 0 bridgehead atoms. The Bertz CT molecular complexity index is 1450. The molecular weight excluding hydrogens is 494 g/mol. The number of methoxy groups -OCH3 is 1. The number of esters is 1. The van der Waals surface area contributed by atoms with Crippen LogP contribution in [0.4, 0.5) is 17.1 Å². The number of ether oxygens (including phenoxy) is 2. The zero-order chi connectivity index (χ0) is 26.0. The molecule has 1 saturated heterocycles. The third kappa shape index (κ3) is 5.10. The molecule has 3 aromatic rings. The van der Waals surface area contributed by atoms with Crippen molar-refractivity contribution in [3.05, 3.63) is 77.9 Å². The number of anilines is 3. The molecule has 1 unspecified atom stereocenters. The van der Waals surface area contributed by atoms with E-state index in [4.69, 9.17) is 9.47 Å². The van der Waals surface area contributed by atoms with Gasteiger partial charge in [0, 0.05) is 24.3 Å². The van der Waals surface area contributed by atoms with Crippen molar-refractivity contribution < 1.29 is 27.5 Å². The Morgan fingerprint density at radius 2 is 1.78 bits per heavy atom. The fraction of sp³-hybridized carbons (Fsp3) is 0.259. The number of nitrogens with zero attached hydrogens (tertiary/aromatic N) is 1. The Kier molecular flexibility index (Phi) is 6.75. The zero-order valence-electron chi connectivity index (χ0n) is 20.3. The summed E-state index contributed by atoms with van der Waals surface area (Å²) in [5.74, 6) is -0.465. The first-order valence-electron chi connectivity index (χ1n) is 12.0. The second-order valence-electron chi connectivity index (χ2n) is 8.92. The highest BCUT2D eigenvalue weighted by molar-refractivity contribution is 7.93. The number of carbonyl (C=O) groups is 2. The van der Waals surface area contributed by atoms with Gasteiger partial charge in [-0.15, -0.1) is 0 Å². The van der Waals surface area contributed by atoms with Crippen molar-refractivity contribution >= 4 is 39.0 Å². The van der Waals surface area contributed by atoms with Gasteiger partial charge in [0.1, 0.15) is 16.7 Å². The van der Waals surface area contributed by atoms with E-state index < -0.39 is 28.0 Å².